The van der Waals surface area contributed by atoms with E-state index < -0.39 is 5.91 Å². The van der Waals surface area contributed by atoms with Gasteiger partial charge in [-0.25, -0.2) is 0 Å². The highest BCUT2D eigenvalue weighted by Crippen LogP contribution is 2.27. The van der Waals surface area contributed by atoms with Gasteiger partial charge < -0.3 is 16.0 Å². The number of hydrogen-bond donors (Lipinski definition) is 2. The minimum atomic E-state index is -0.568. The molecule has 1 aromatic heterocycles. The number of hydrogen-bond acceptors (Lipinski definition) is 5. The average Bonchev–Trinajstić information content (AvgIpc) is 2.69. The average molecular weight is 269 g/mol. The summed E-state index contributed by atoms with van der Waals surface area (Å²) in [4.78, 5) is 13.1. The second kappa shape index (κ2) is 5.26. The van der Waals surface area contributed by atoms with E-state index in [-0.39, 0.29) is 5.69 Å². The molecule has 1 aromatic carbocycles. The molecule has 0 unspecified atom stereocenters. The van der Waals surface area contributed by atoms with E-state index in [0.29, 0.717) is 5.82 Å². The van der Waals surface area contributed by atoms with Crippen molar-refractivity contribution >= 4 is 17.4 Å². The van der Waals surface area contributed by atoms with Gasteiger partial charge in [0.15, 0.2) is 11.5 Å². The normalized spacial score (nSPS) is 14.5. The highest BCUT2D eigenvalue weighted by molar-refractivity contribution is 5.90. The summed E-state index contributed by atoms with van der Waals surface area (Å²) in [6, 6.07) is 11.5. The molecule has 2 heterocycles. The van der Waals surface area contributed by atoms with Crippen LogP contribution in [-0.2, 0) is 6.54 Å². The molecule has 1 aliphatic heterocycles. The molecule has 3 N–H and O–H groups in total. The molecular weight excluding hydrogens is 254 g/mol. The molecule has 20 heavy (non-hydrogen) atoms. The Balaban J connectivity index is 1.98. The topological polar surface area (TPSA) is 84.1 Å². The van der Waals surface area contributed by atoms with Crippen molar-refractivity contribution in [3.8, 4) is 0 Å². The first-order chi connectivity index (χ1) is 9.75. The zero-order valence-corrected chi connectivity index (χ0v) is 10.9. The van der Waals surface area contributed by atoms with Crippen LogP contribution < -0.4 is 16.0 Å². The van der Waals surface area contributed by atoms with Crippen molar-refractivity contribution < 1.29 is 4.79 Å². The van der Waals surface area contributed by atoms with Crippen LogP contribution in [0.2, 0.25) is 0 Å². The Hall–Kier alpha value is -2.47. The number of anilines is 2. The van der Waals surface area contributed by atoms with Gasteiger partial charge in [0.25, 0.3) is 5.91 Å². The van der Waals surface area contributed by atoms with Crippen LogP contribution in [0.5, 0.6) is 0 Å². The fraction of sp³-hybridized carbons (Fsp3) is 0.214. The number of nitrogens with two attached hydrogens (primary N) is 1. The van der Waals surface area contributed by atoms with Crippen LogP contribution >= 0.6 is 0 Å². The second-order valence-corrected chi connectivity index (χ2v) is 4.60. The number of fused-ring (bicyclic) bond motifs is 1. The summed E-state index contributed by atoms with van der Waals surface area (Å²) in [5.74, 6) is 0.146. The molecule has 102 valence electrons. The Morgan fingerprint density at radius 2 is 2.05 bits per heavy atom. The van der Waals surface area contributed by atoms with Crippen molar-refractivity contribution in [3.05, 3.63) is 47.7 Å². The van der Waals surface area contributed by atoms with Gasteiger partial charge in [-0.2, -0.15) is 0 Å². The first-order valence-corrected chi connectivity index (χ1v) is 6.45. The molecule has 1 amide bonds. The van der Waals surface area contributed by atoms with Gasteiger partial charge in [-0.3, -0.25) is 4.79 Å². The molecule has 2 aromatic rings. The Morgan fingerprint density at radius 1 is 1.20 bits per heavy atom. The number of carbonyl (C=O) groups excluding carboxylic acids is 1. The van der Waals surface area contributed by atoms with Crippen LogP contribution in [-0.4, -0.2) is 29.2 Å². The Morgan fingerprint density at radius 3 is 2.80 bits per heavy atom. The zero-order chi connectivity index (χ0) is 13.9. The molecule has 0 saturated carbocycles. The molecule has 0 radical (unpaired) electrons. The third-order valence-electron chi connectivity index (χ3n) is 3.29. The molecule has 6 nitrogen and oxygen atoms in total. The molecule has 0 atom stereocenters. The van der Waals surface area contributed by atoms with Crippen LogP contribution in [0.4, 0.5) is 11.5 Å². The number of carbonyl (C=O) groups is 1. The molecule has 0 saturated heterocycles. The third kappa shape index (κ3) is 2.33. The molecule has 0 bridgehead atoms. The lowest BCUT2D eigenvalue weighted by Gasteiger charge is -2.22. The number of rotatable bonds is 2. The van der Waals surface area contributed by atoms with Crippen LogP contribution in [0, 0.1) is 0 Å². The molecule has 3 rings (SSSR count). The first kappa shape index (κ1) is 12.6. The Labute approximate surface area is 116 Å². The van der Waals surface area contributed by atoms with Crippen LogP contribution in [0.25, 0.3) is 0 Å². The summed E-state index contributed by atoms with van der Waals surface area (Å²) in [5.41, 5.74) is 7.68. The van der Waals surface area contributed by atoms with Crippen molar-refractivity contribution in [1.29, 1.82) is 0 Å². The van der Waals surface area contributed by atoms with Gasteiger partial charge in [-0.1, -0.05) is 18.2 Å². The third-order valence-corrected chi connectivity index (χ3v) is 3.29. The highest BCUT2D eigenvalue weighted by Gasteiger charge is 2.17. The van der Waals surface area contributed by atoms with Gasteiger partial charge >= 0.3 is 0 Å². The lowest BCUT2D eigenvalue weighted by molar-refractivity contribution is 0.0994. The zero-order valence-electron chi connectivity index (χ0n) is 10.9. The van der Waals surface area contributed by atoms with E-state index in [1.807, 2.05) is 12.1 Å². The fourth-order valence-corrected chi connectivity index (χ4v) is 2.30. The predicted molar refractivity (Wildman–Crippen MR) is 75.7 cm³/mol. The lowest BCUT2D eigenvalue weighted by atomic mass is 10.1. The van der Waals surface area contributed by atoms with E-state index >= 15 is 0 Å². The van der Waals surface area contributed by atoms with E-state index in [2.05, 4.69) is 32.5 Å². The van der Waals surface area contributed by atoms with Crippen molar-refractivity contribution in [2.75, 3.05) is 18.0 Å². The summed E-state index contributed by atoms with van der Waals surface area (Å²) < 4.78 is 0. The number of aromatic nitrogens is 2. The Bertz CT molecular complexity index is 626. The summed E-state index contributed by atoms with van der Waals surface area (Å²) in [6.07, 6.45) is 0. The minimum Gasteiger partial charge on any atom is -0.364 e. The maximum atomic E-state index is 11.0. The number of amides is 1. The molecular formula is C14H15N5O. The highest BCUT2D eigenvalue weighted by atomic mass is 16.1. The van der Waals surface area contributed by atoms with E-state index in [0.717, 1.165) is 25.3 Å². The maximum Gasteiger partial charge on any atom is 0.269 e. The second-order valence-electron chi connectivity index (χ2n) is 4.60. The largest absolute Gasteiger partial charge is 0.364 e. The number of nitrogens with zero attached hydrogens (tertiary/aromatic N) is 3. The van der Waals surface area contributed by atoms with E-state index in [9.17, 15) is 4.79 Å². The van der Waals surface area contributed by atoms with Gasteiger partial charge in [0.2, 0.25) is 0 Å². The molecule has 0 spiro atoms. The molecule has 0 fully saturated rings. The lowest BCUT2D eigenvalue weighted by Crippen LogP contribution is -2.25. The van der Waals surface area contributed by atoms with Crippen molar-refractivity contribution in [1.82, 2.24) is 15.5 Å². The maximum absolute atomic E-state index is 11.0. The number of primary amides is 1. The quantitative estimate of drug-likeness (QED) is 0.843. The predicted octanol–water partition coefficient (Wildman–Crippen LogP) is 0.817. The van der Waals surface area contributed by atoms with E-state index in [4.69, 9.17) is 5.73 Å². The van der Waals surface area contributed by atoms with Crippen LogP contribution in [0.3, 0.4) is 0 Å². The summed E-state index contributed by atoms with van der Waals surface area (Å²) in [6.45, 7) is 2.48. The van der Waals surface area contributed by atoms with Gasteiger partial charge in [-0.05, 0) is 23.8 Å². The van der Waals surface area contributed by atoms with Gasteiger partial charge in [0.05, 0.1) is 0 Å². The number of benzene rings is 1. The summed E-state index contributed by atoms with van der Waals surface area (Å²) >= 11 is 0. The number of nitrogens with one attached hydrogen (secondary N) is 1. The standard InChI is InChI=1S/C14H15N5O/c15-14(20)11-5-6-13(18-17-11)19-8-7-16-9-10-3-1-2-4-12(10)19/h1-6,16H,7-9H2,(H2,15,20). The van der Waals surface area contributed by atoms with Crippen molar-refractivity contribution in [2.24, 2.45) is 5.73 Å². The number of para-hydroxylation sites is 1. The first-order valence-electron chi connectivity index (χ1n) is 6.45. The molecule has 6 heteroatoms. The van der Waals surface area contributed by atoms with Gasteiger partial charge in [0.1, 0.15) is 0 Å². The van der Waals surface area contributed by atoms with Crippen LogP contribution in [0.1, 0.15) is 16.1 Å². The fourth-order valence-electron chi connectivity index (χ4n) is 2.30. The minimum absolute atomic E-state index is 0.176. The van der Waals surface area contributed by atoms with Gasteiger partial charge in [0, 0.05) is 25.3 Å². The van der Waals surface area contributed by atoms with Crippen LogP contribution in [0.15, 0.2) is 36.4 Å². The van der Waals surface area contributed by atoms with E-state index in [1.165, 1.54) is 5.56 Å². The van der Waals surface area contributed by atoms with E-state index in [1.54, 1.807) is 12.1 Å². The van der Waals surface area contributed by atoms with Gasteiger partial charge in [-0.15, -0.1) is 10.2 Å². The van der Waals surface area contributed by atoms with Crippen molar-refractivity contribution in [2.45, 2.75) is 6.54 Å². The SMILES string of the molecule is NC(=O)c1ccc(N2CCNCc3ccccc32)nn1. The summed E-state index contributed by atoms with van der Waals surface area (Å²) in [7, 11) is 0. The molecule has 0 aliphatic carbocycles. The monoisotopic (exact) mass is 269 g/mol. The Kier molecular flexibility index (Phi) is 3.30. The summed E-state index contributed by atoms with van der Waals surface area (Å²) in [5, 5.41) is 11.4. The molecule has 1 aliphatic rings. The smallest absolute Gasteiger partial charge is 0.269 e. The van der Waals surface area contributed by atoms with Crippen molar-refractivity contribution in [3.63, 3.8) is 0 Å².